The van der Waals surface area contributed by atoms with Crippen LogP contribution in [0, 0.1) is 0 Å². The third kappa shape index (κ3) is 2.85. The molecule has 144 valence electrons. The average molecular weight is 399 g/mol. The van der Waals surface area contributed by atoms with Crippen molar-refractivity contribution in [3.63, 3.8) is 0 Å². The van der Waals surface area contributed by atoms with Gasteiger partial charge in [0.15, 0.2) is 11.3 Å². The second kappa shape index (κ2) is 6.65. The number of hydrogen-bond donors (Lipinski definition) is 2. The zero-order chi connectivity index (χ0) is 19.3. The van der Waals surface area contributed by atoms with Gasteiger partial charge in [0.1, 0.15) is 17.4 Å². The molecule has 0 radical (unpaired) electrons. The van der Waals surface area contributed by atoms with Crippen LogP contribution in [0.25, 0.3) is 27.9 Å². The number of nitrogens with one attached hydrogen (secondary N) is 2. The molecule has 1 aliphatic rings. The van der Waals surface area contributed by atoms with E-state index in [1.54, 1.807) is 16.8 Å². The highest BCUT2D eigenvalue weighted by Crippen LogP contribution is 2.31. The number of nitrogens with zero attached hydrogens (tertiary/aromatic N) is 4. The highest BCUT2D eigenvalue weighted by molar-refractivity contribution is 6.32. The molecule has 28 heavy (non-hydrogen) atoms. The predicted molar refractivity (Wildman–Crippen MR) is 107 cm³/mol. The van der Waals surface area contributed by atoms with Crippen molar-refractivity contribution >= 4 is 33.8 Å². The lowest BCUT2D eigenvalue weighted by Gasteiger charge is -2.29. The van der Waals surface area contributed by atoms with Crippen molar-refractivity contribution in [2.45, 2.75) is 18.9 Å². The molecule has 8 nitrogen and oxygen atoms in total. The van der Waals surface area contributed by atoms with Crippen LogP contribution in [0.2, 0.25) is 5.02 Å². The van der Waals surface area contributed by atoms with Crippen LogP contribution in [-0.2, 0) is 0 Å². The average Bonchev–Trinajstić information content (AvgIpc) is 3.28. The van der Waals surface area contributed by atoms with Gasteiger partial charge in [0.2, 0.25) is 0 Å². The SMILES string of the molecule is CN1CCC(Oc2ccc(-n3c(=O)[nH]c4nnc5[nH]ccc5c43)cc2Cl)CC1. The van der Waals surface area contributed by atoms with Gasteiger partial charge in [0, 0.05) is 24.7 Å². The molecule has 0 atom stereocenters. The quantitative estimate of drug-likeness (QED) is 0.553. The number of halogens is 1. The van der Waals surface area contributed by atoms with Gasteiger partial charge in [-0.1, -0.05) is 11.6 Å². The lowest BCUT2D eigenvalue weighted by molar-refractivity contribution is 0.114. The number of ether oxygens (including phenoxy) is 1. The minimum Gasteiger partial charge on any atom is -0.489 e. The molecule has 0 unspecified atom stereocenters. The predicted octanol–water partition coefficient (Wildman–Crippen LogP) is 2.72. The Hall–Kier alpha value is -2.84. The van der Waals surface area contributed by atoms with Crippen molar-refractivity contribution in [2.75, 3.05) is 20.1 Å². The van der Waals surface area contributed by atoms with E-state index in [1.807, 2.05) is 18.2 Å². The summed E-state index contributed by atoms with van der Waals surface area (Å²) in [6.07, 6.45) is 3.87. The van der Waals surface area contributed by atoms with Crippen LogP contribution in [0.3, 0.4) is 0 Å². The maximum absolute atomic E-state index is 12.6. The van der Waals surface area contributed by atoms with Crippen LogP contribution >= 0.6 is 11.6 Å². The number of rotatable bonds is 3. The molecular formula is C19H19ClN6O2. The van der Waals surface area contributed by atoms with E-state index in [4.69, 9.17) is 16.3 Å². The van der Waals surface area contributed by atoms with E-state index in [0.717, 1.165) is 31.3 Å². The van der Waals surface area contributed by atoms with Crippen LogP contribution in [-0.4, -0.2) is 55.9 Å². The summed E-state index contributed by atoms with van der Waals surface area (Å²) >= 11 is 6.50. The highest BCUT2D eigenvalue weighted by atomic mass is 35.5. The summed E-state index contributed by atoms with van der Waals surface area (Å²) in [6.45, 7) is 2.03. The summed E-state index contributed by atoms with van der Waals surface area (Å²) in [7, 11) is 2.11. The van der Waals surface area contributed by atoms with Crippen molar-refractivity contribution in [1.29, 1.82) is 0 Å². The first-order chi connectivity index (χ1) is 13.6. The number of imidazole rings is 1. The van der Waals surface area contributed by atoms with Gasteiger partial charge in [-0.2, -0.15) is 0 Å². The number of hydrogen-bond acceptors (Lipinski definition) is 5. The third-order valence-electron chi connectivity index (χ3n) is 5.24. The normalized spacial score (nSPS) is 16.2. The smallest absolute Gasteiger partial charge is 0.332 e. The number of H-pyrrole nitrogens is 2. The van der Waals surface area contributed by atoms with E-state index in [2.05, 4.69) is 32.1 Å². The Morgan fingerprint density at radius 1 is 1.18 bits per heavy atom. The van der Waals surface area contributed by atoms with Gasteiger partial charge in [-0.15, -0.1) is 10.2 Å². The van der Waals surface area contributed by atoms with Crippen LogP contribution in [0.4, 0.5) is 0 Å². The van der Waals surface area contributed by atoms with Crippen LogP contribution in [0.15, 0.2) is 35.3 Å². The molecule has 0 spiro atoms. The zero-order valence-electron chi connectivity index (χ0n) is 15.3. The van der Waals surface area contributed by atoms with Crippen molar-refractivity contribution in [2.24, 2.45) is 0 Å². The summed E-state index contributed by atoms with van der Waals surface area (Å²) in [5.74, 6) is 0.638. The van der Waals surface area contributed by atoms with Crippen LogP contribution < -0.4 is 10.4 Å². The van der Waals surface area contributed by atoms with E-state index in [1.165, 1.54) is 0 Å². The Balaban J connectivity index is 1.54. The second-order valence-corrected chi connectivity index (χ2v) is 7.55. The van der Waals surface area contributed by atoms with Crippen LogP contribution in [0.1, 0.15) is 12.8 Å². The third-order valence-corrected chi connectivity index (χ3v) is 5.53. The molecule has 0 aliphatic carbocycles. The van der Waals surface area contributed by atoms with Gasteiger partial charge in [-0.05, 0) is 44.2 Å². The van der Waals surface area contributed by atoms with Crippen molar-refractivity contribution in [3.8, 4) is 11.4 Å². The Labute approximate surface area is 165 Å². The molecule has 1 saturated heterocycles. The largest absolute Gasteiger partial charge is 0.489 e. The van der Waals surface area contributed by atoms with E-state index in [9.17, 15) is 4.79 Å². The molecule has 3 aromatic heterocycles. The van der Waals surface area contributed by atoms with E-state index in [-0.39, 0.29) is 11.8 Å². The fraction of sp³-hybridized carbons (Fsp3) is 0.316. The van der Waals surface area contributed by atoms with Gasteiger partial charge in [0.25, 0.3) is 0 Å². The minimum atomic E-state index is -0.293. The number of aromatic amines is 2. The molecule has 5 rings (SSSR count). The lowest BCUT2D eigenvalue weighted by atomic mass is 10.1. The van der Waals surface area contributed by atoms with E-state index < -0.39 is 0 Å². The zero-order valence-corrected chi connectivity index (χ0v) is 16.0. The molecule has 1 fully saturated rings. The summed E-state index contributed by atoms with van der Waals surface area (Å²) < 4.78 is 7.66. The van der Waals surface area contributed by atoms with Crippen molar-refractivity contribution in [3.05, 3.63) is 46.0 Å². The van der Waals surface area contributed by atoms with Crippen molar-refractivity contribution < 1.29 is 4.74 Å². The molecule has 4 aromatic rings. The first-order valence-electron chi connectivity index (χ1n) is 9.20. The fourth-order valence-corrected chi connectivity index (χ4v) is 3.95. The molecule has 0 bridgehead atoms. The topological polar surface area (TPSA) is 91.8 Å². The standard InChI is InChI=1S/C19H19ClN6O2/c1-25-8-5-12(6-9-25)28-15-3-2-11(10-14(15)20)26-16-13-4-7-21-17(13)23-24-18(16)22-19(26)27/h2-4,7,10,12H,5-6,8-9H2,1H3,(H,21,23)(H,22,24,27). The first-order valence-corrected chi connectivity index (χ1v) is 9.57. The summed E-state index contributed by atoms with van der Waals surface area (Å²) in [4.78, 5) is 20.7. The van der Waals surface area contributed by atoms with E-state index >= 15 is 0 Å². The van der Waals surface area contributed by atoms with E-state index in [0.29, 0.717) is 33.3 Å². The van der Waals surface area contributed by atoms with Gasteiger partial charge in [-0.25, -0.2) is 4.79 Å². The van der Waals surface area contributed by atoms with Gasteiger partial charge in [-0.3, -0.25) is 9.55 Å². The Morgan fingerprint density at radius 3 is 2.75 bits per heavy atom. The number of likely N-dealkylation sites (tertiary alicyclic amines) is 1. The summed E-state index contributed by atoms with van der Waals surface area (Å²) in [5.41, 5.74) is 2.07. The molecule has 9 heteroatoms. The maximum Gasteiger partial charge on any atom is 0.332 e. The molecule has 1 aliphatic heterocycles. The minimum absolute atomic E-state index is 0.158. The summed E-state index contributed by atoms with van der Waals surface area (Å²) in [6, 6.07) is 7.28. The molecular weight excluding hydrogens is 380 g/mol. The number of benzene rings is 1. The van der Waals surface area contributed by atoms with Crippen LogP contribution in [0.5, 0.6) is 5.75 Å². The molecule has 0 amide bonds. The number of aromatic nitrogens is 5. The Bertz CT molecular complexity index is 1220. The highest BCUT2D eigenvalue weighted by Gasteiger charge is 2.20. The maximum atomic E-state index is 12.6. The van der Waals surface area contributed by atoms with Gasteiger partial charge in [0.05, 0.1) is 10.7 Å². The molecule has 4 heterocycles. The fourth-order valence-electron chi connectivity index (χ4n) is 3.73. The lowest BCUT2D eigenvalue weighted by Crippen LogP contribution is -2.35. The summed E-state index contributed by atoms with van der Waals surface area (Å²) in [5, 5.41) is 9.46. The molecule has 0 saturated carbocycles. The number of piperidine rings is 1. The first kappa shape index (κ1) is 17.3. The number of fused-ring (bicyclic) bond motifs is 3. The monoisotopic (exact) mass is 398 g/mol. The Morgan fingerprint density at radius 2 is 1.96 bits per heavy atom. The van der Waals surface area contributed by atoms with Gasteiger partial charge >= 0.3 is 5.69 Å². The molecule has 1 aromatic carbocycles. The second-order valence-electron chi connectivity index (χ2n) is 7.14. The van der Waals surface area contributed by atoms with Crippen molar-refractivity contribution in [1.82, 2.24) is 29.6 Å². The Kier molecular flexibility index (Phi) is 4.10. The molecule has 2 N–H and O–H groups in total. The van der Waals surface area contributed by atoms with Gasteiger partial charge < -0.3 is 14.6 Å².